The number of carbonyl (C=O) groups is 2. The molecule has 0 atom stereocenters. The second-order valence-corrected chi connectivity index (χ2v) is 5.38. The van der Waals surface area contributed by atoms with E-state index in [0.717, 1.165) is 12.0 Å². The van der Waals surface area contributed by atoms with E-state index in [0.29, 0.717) is 18.8 Å². The molecule has 0 radical (unpaired) electrons. The molecule has 2 rings (SSSR count). The monoisotopic (exact) mass is 306 g/mol. The number of nitrogens with two attached hydrogens (primary N) is 1. The Bertz CT molecular complexity index is 576. The van der Waals surface area contributed by atoms with Crippen LogP contribution in [0.25, 0.3) is 0 Å². The Balaban J connectivity index is 2.12. The van der Waals surface area contributed by atoms with Crippen molar-refractivity contribution in [1.29, 1.82) is 0 Å². The Morgan fingerprint density at radius 3 is 2.67 bits per heavy atom. The summed E-state index contributed by atoms with van der Waals surface area (Å²) in [4.78, 5) is 31.6. The fourth-order valence-electron chi connectivity index (χ4n) is 2.31. The van der Waals surface area contributed by atoms with E-state index in [9.17, 15) is 9.59 Å². The normalized spacial score (nSPS) is 15.5. The van der Waals surface area contributed by atoms with Gasteiger partial charge in [-0.05, 0) is 12.5 Å². The molecule has 0 aromatic carbocycles. The van der Waals surface area contributed by atoms with Gasteiger partial charge in [0.15, 0.2) is 0 Å². The number of thiocarbonyl (C=S) groups is 1. The molecule has 112 valence electrons. The minimum absolute atomic E-state index is 0.0304. The smallest absolute Gasteiger partial charge is 0.242 e. The van der Waals surface area contributed by atoms with Crippen LogP contribution in [0.2, 0.25) is 0 Å². The Hall–Kier alpha value is -2.02. The second-order valence-electron chi connectivity index (χ2n) is 4.94. The molecule has 0 unspecified atom stereocenters. The lowest BCUT2D eigenvalue weighted by molar-refractivity contribution is -0.150. The Kier molecular flexibility index (Phi) is 4.85. The SMILES string of the molecule is CCCN1CC(=O)N(Cc2cccnc2C(N)=S)CC1=O. The van der Waals surface area contributed by atoms with Crippen molar-refractivity contribution in [2.75, 3.05) is 19.6 Å². The van der Waals surface area contributed by atoms with Gasteiger partial charge in [-0.1, -0.05) is 25.2 Å². The standard InChI is InChI=1S/C14H18N4O2S/c1-2-6-17-8-12(20)18(9-11(17)19)7-10-4-3-5-16-13(10)14(15)21/h3-5H,2,6-9H2,1H3,(H2,15,21). The summed E-state index contributed by atoms with van der Waals surface area (Å²) in [5.41, 5.74) is 6.90. The maximum atomic E-state index is 12.2. The van der Waals surface area contributed by atoms with Crippen LogP contribution in [0.15, 0.2) is 18.3 Å². The van der Waals surface area contributed by atoms with E-state index in [1.54, 1.807) is 17.2 Å². The van der Waals surface area contributed by atoms with Crippen molar-refractivity contribution in [2.45, 2.75) is 19.9 Å². The Morgan fingerprint density at radius 1 is 1.33 bits per heavy atom. The highest BCUT2D eigenvalue weighted by Crippen LogP contribution is 2.13. The number of carbonyl (C=O) groups excluding carboxylic acids is 2. The number of piperazine rings is 1. The first-order chi connectivity index (χ1) is 10.0. The van der Waals surface area contributed by atoms with Crippen molar-refractivity contribution >= 4 is 29.0 Å². The molecule has 1 aromatic heterocycles. The van der Waals surface area contributed by atoms with Crippen molar-refractivity contribution in [1.82, 2.24) is 14.8 Å². The number of aromatic nitrogens is 1. The van der Waals surface area contributed by atoms with E-state index >= 15 is 0 Å². The van der Waals surface area contributed by atoms with Crippen LogP contribution in [0, 0.1) is 0 Å². The van der Waals surface area contributed by atoms with Crippen LogP contribution in [0.5, 0.6) is 0 Å². The third-order valence-electron chi connectivity index (χ3n) is 3.34. The molecule has 0 saturated carbocycles. The Morgan fingerprint density at radius 2 is 2.00 bits per heavy atom. The molecule has 6 nitrogen and oxygen atoms in total. The third kappa shape index (κ3) is 3.55. The average Bonchev–Trinajstić information content (AvgIpc) is 2.45. The topological polar surface area (TPSA) is 79.5 Å². The molecule has 1 fully saturated rings. The molecule has 1 aromatic rings. The molecular formula is C14H18N4O2S. The summed E-state index contributed by atoms with van der Waals surface area (Å²) in [6.07, 6.45) is 2.44. The van der Waals surface area contributed by atoms with E-state index in [2.05, 4.69) is 4.98 Å². The second kappa shape index (κ2) is 6.62. The molecule has 7 heteroatoms. The number of nitrogens with zero attached hydrogens (tertiary/aromatic N) is 3. The highest BCUT2D eigenvalue weighted by atomic mass is 32.1. The van der Waals surface area contributed by atoms with Crippen LogP contribution >= 0.6 is 12.2 Å². The maximum absolute atomic E-state index is 12.2. The van der Waals surface area contributed by atoms with Crippen molar-refractivity contribution in [2.24, 2.45) is 5.73 Å². The van der Waals surface area contributed by atoms with Gasteiger partial charge in [0.05, 0.1) is 6.54 Å². The van der Waals surface area contributed by atoms with E-state index in [1.807, 2.05) is 13.0 Å². The molecule has 21 heavy (non-hydrogen) atoms. The van der Waals surface area contributed by atoms with Crippen LogP contribution < -0.4 is 5.73 Å². The molecular weight excluding hydrogens is 288 g/mol. The third-order valence-corrected chi connectivity index (χ3v) is 3.53. The van der Waals surface area contributed by atoms with Gasteiger partial charge in [-0.3, -0.25) is 14.6 Å². The van der Waals surface area contributed by atoms with Crippen molar-refractivity contribution in [3.63, 3.8) is 0 Å². The van der Waals surface area contributed by atoms with Crippen LogP contribution in [0.4, 0.5) is 0 Å². The summed E-state index contributed by atoms with van der Waals surface area (Å²) in [6.45, 7) is 3.11. The number of pyridine rings is 1. The minimum Gasteiger partial charge on any atom is -0.388 e. The van der Waals surface area contributed by atoms with E-state index in [-0.39, 0.29) is 29.9 Å². The predicted molar refractivity (Wildman–Crippen MR) is 82.4 cm³/mol. The summed E-state index contributed by atoms with van der Waals surface area (Å²) in [7, 11) is 0. The van der Waals surface area contributed by atoms with Crippen LogP contribution in [-0.4, -0.2) is 51.2 Å². The highest BCUT2D eigenvalue weighted by Gasteiger charge is 2.29. The zero-order valence-corrected chi connectivity index (χ0v) is 12.7. The van der Waals surface area contributed by atoms with Gasteiger partial charge >= 0.3 is 0 Å². The lowest BCUT2D eigenvalue weighted by atomic mass is 10.1. The zero-order valence-electron chi connectivity index (χ0n) is 11.9. The van der Waals surface area contributed by atoms with Crippen molar-refractivity contribution < 1.29 is 9.59 Å². The van der Waals surface area contributed by atoms with E-state index in [4.69, 9.17) is 18.0 Å². The van der Waals surface area contributed by atoms with Gasteiger partial charge in [-0.25, -0.2) is 0 Å². The van der Waals surface area contributed by atoms with Crippen LogP contribution in [-0.2, 0) is 16.1 Å². The molecule has 1 aliphatic heterocycles. The Labute approximate surface area is 128 Å². The molecule has 2 heterocycles. The zero-order chi connectivity index (χ0) is 15.4. The number of amides is 2. The molecule has 0 spiro atoms. The lowest BCUT2D eigenvalue weighted by Crippen LogP contribution is -2.53. The summed E-state index contributed by atoms with van der Waals surface area (Å²) >= 11 is 4.96. The summed E-state index contributed by atoms with van der Waals surface area (Å²) in [5.74, 6) is -0.0991. The fraction of sp³-hybridized carbons (Fsp3) is 0.429. The lowest BCUT2D eigenvalue weighted by Gasteiger charge is -2.34. The number of rotatable bonds is 5. The molecule has 0 aliphatic carbocycles. The molecule has 1 aliphatic rings. The first-order valence-electron chi connectivity index (χ1n) is 6.82. The summed E-state index contributed by atoms with van der Waals surface area (Å²) in [5, 5.41) is 0. The summed E-state index contributed by atoms with van der Waals surface area (Å²) in [6, 6.07) is 3.58. The van der Waals surface area contributed by atoms with Crippen LogP contribution in [0.1, 0.15) is 24.6 Å². The quantitative estimate of drug-likeness (QED) is 0.791. The van der Waals surface area contributed by atoms with Gasteiger partial charge < -0.3 is 15.5 Å². The molecule has 2 N–H and O–H groups in total. The van der Waals surface area contributed by atoms with E-state index < -0.39 is 0 Å². The van der Waals surface area contributed by atoms with Gasteiger partial charge in [0.25, 0.3) is 0 Å². The largest absolute Gasteiger partial charge is 0.388 e. The van der Waals surface area contributed by atoms with Gasteiger partial charge in [0.2, 0.25) is 11.8 Å². The number of hydrogen-bond acceptors (Lipinski definition) is 4. The van der Waals surface area contributed by atoms with Crippen molar-refractivity contribution in [3.8, 4) is 0 Å². The van der Waals surface area contributed by atoms with Crippen LogP contribution in [0.3, 0.4) is 0 Å². The van der Waals surface area contributed by atoms with Crippen molar-refractivity contribution in [3.05, 3.63) is 29.6 Å². The molecule has 1 saturated heterocycles. The van der Waals surface area contributed by atoms with Gasteiger partial charge in [0, 0.05) is 24.8 Å². The van der Waals surface area contributed by atoms with E-state index in [1.165, 1.54) is 4.90 Å². The number of hydrogen-bond donors (Lipinski definition) is 1. The average molecular weight is 306 g/mol. The predicted octanol–water partition coefficient (Wildman–Crippen LogP) is 0.297. The van der Waals surface area contributed by atoms with Gasteiger partial charge in [0.1, 0.15) is 17.2 Å². The summed E-state index contributed by atoms with van der Waals surface area (Å²) < 4.78 is 0. The van der Waals surface area contributed by atoms with Gasteiger partial charge in [-0.2, -0.15) is 0 Å². The highest BCUT2D eigenvalue weighted by molar-refractivity contribution is 7.80. The fourth-order valence-corrected chi connectivity index (χ4v) is 2.50. The first-order valence-corrected chi connectivity index (χ1v) is 7.23. The van der Waals surface area contributed by atoms with Gasteiger partial charge in [-0.15, -0.1) is 0 Å². The first kappa shape index (κ1) is 15.4. The molecule has 0 bridgehead atoms. The molecule has 2 amide bonds. The minimum atomic E-state index is -0.0687. The maximum Gasteiger partial charge on any atom is 0.242 e.